The van der Waals surface area contributed by atoms with Crippen molar-refractivity contribution in [3.8, 4) is 5.75 Å². The highest BCUT2D eigenvalue weighted by atomic mass is 32.1. The third-order valence-electron chi connectivity index (χ3n) is 4.83. The van der Waals surface area contributed by atoms with Crippen LogP contribution in [0.4, 0.5) is 5.13 Å². The highest BCUT2D eigenvalue weighted by Gasteiger charge is 2.22. The summed E-state index contributed by atoms with van der Waals surface area (Å²) in [6.45, 7) is 5.79. The molecule has 0 saturated carbocycles. The first-order chi connectivity index (χ1) is 13.2. The molecule has 27 heavy (non-hydrogen) atoms. The average Bonchev–Trinajstić information content (AvgIpc) is 3.37. The van der Waals surface area contributed by atoms with E-state index >= 15 is 0 Å². The second-order valence-corrected chi connectivity index (χ2v) is 8.51. The number of fused-ring (bicyclic) bond motifs is 1. The van der Waals surface area contributed by atoms with Gasteiger partial charge in [-0.2, -0.15) is 0 Å². The number of hydrogen-bond acceptors (Lipinski definition) is 6. The van der Waals surface area contributed by atoms with Crippen LogP contribution in [-0.2, 0) is 0 Å². The zero-order valence-electron chi connectivity index (χ0n) is 15.2. The van der Waals surface area contributed by atoms with E-state index in [2.05, 4.69) is 10.2 Å². The summed E-state index contributed by atoms with van der Waals surface area (Å²) in [6.07, 6.45) is 0. The van der Waals surface area contributed by atoms with Gasteiger partial charge in [0, 0.05) is 0 Å². The van der Waals surface area contributed by atoms with E-state index in [0.717, 1.165) is 58.7 Å². The Morgan fingerprint density at radius 1 is 1.33 bits per heavy atom. The zero-order chi connectivity index (χ0) is 18.6. The molecule has 0 spiro atoms. The molecule has 4 rings (SSSR count). The third kappa shape index (κ3) is 4.23. The number of carbonyl (C=O) groups is 1. The molecule has 0 unspecified atom stereocenters. The van der Waals surface area contributed by atoms with Crippen LogP contribution in [0.25, 0.3) is 10.2 Å². The summed E-state index contributed by atoms with van der Waals surface area (Å²) in [7, 11) is 1.69. The standard InChI is InChI=1S/C19H22N4O2S2/c1-25-14-4-5-15-17(13-14)27-19(21-15)23-10-8-22(9-11-23)7-6-20-18(24)16-3-2-12-26-16/h2-5,12-13H,6-11H2,1H3,(H,20,24)/p+1. The van der Waals surface area contributed by atoms with Crippen molar-refractivity contribution in [1.82, 2.24) is 10.3 Å². The summed E-state index contributed by atoms with van der Waals surface area (Å²) >= 11 is 3.20. The molecule has 3 aromatic rings. The van der Waals surface area contributed by atoms with Gasteiger partial charge >= 0.3 is 0 Å². The topological polar surface area (TPSA) is 58.9 Å². The Bertz CT molecular complexity index is 902. The third-order valence-corrected chi connectivity index (χ3v) is 6.78. The number of piperazine rings is 1. The number of carbonyl (C=O) groups excluding carboxylic acids is 1. The Balaban J connectivity index is 1.27. The second kappa shape index (κ2) is 8.24. The molecule has 1 fully saturated rings. The summed E-state index contributed by atoms with van der Waals surface area (Å²) in [6, 6.07) is 9.79. The smallest absolute Gasteiger partial charge is 0.261 e. The summed E-state index contributed by atoms with van der Waals surface area (Å²) in [4.78, 5) is 21.4. The van der Waals surface area contributed by atoms with Gasteiger partial charge in [-0.25, -0.2) is 4.98 Å². The molecule has 2 aromatic heterocycles. The zero-order valence-corrected chi connectivity index (χ0v) is 16.9. The number of hydrogen-bond donors (Lipinski definition) is 2. The van der Waals surface area contributed by atoms with Gasteiger partial charge in [0.15, 0.2) is 5.13 Å². The molecule has 1 aromatic carbocycles. The predicted octanol–water partition coefficient (Wildman–Crippen LogP) is 1.50. The van der Waals surface area contributed by atoms with Crippen LogP contribution in [0.3, 0.4) is 0 Å². The van der Waals surface area contributed by atoms with Crippen LogP contribution in [-0.4, -0.2) is 57.3 Å². The SMILES string of the molecule is COc1ccc2nc(N3CC[NH+](CCNC(=O)c4cccs4)CC3)sc2c1. The fraction of sp³-hybridized carbons (Fsp3) is 0.368. The molecule has 1 aliphatic rings. The lowest BCUT2D eigenvalue weighted by atomic mass is 10.3. The quantitative estimate of drug-likeness (QED) is 0.655. The van der Waals surface area contributed by atoms with Gasteiger partial charge in [-0.15, -0.1) is 11.3 Å². The molecule has 1 amide bonds. The summed E-state index contributed by atoms with van der Waals surface area (Å²) < 4.78 is 6.46. The Labute approximate surface area is 166 Å². The average molecular weight is 404 g/mol. The van der Waals surface area contributed by atoms with Crippen molar-refractivity contribution in [1.29, 1.82) is 0 Å². The molecule has 8 heteroatoms. The first kappa shape index (κ1) is 18.2. The molecule has 3 heterocycles. The number of thiazole rings is 1. The number of thiophene rings is 1. The number of methoxy groups -OCH3 is 1. The number of aromatic nitrogens is 1. The minimum atomic E-state index is 0.0351. The largest absolute Gasteiger partial charge is 0.497 e. The monoisotopic (exact) mass is 403 g/mol. The second-order valence-electron chi connectivity index (χ2n) is 6.55. The lowest BCUT2D eigenvalue weighted by Crippen LogP contribution is -3.15. The first-order valence-corrected chi connectivity index (χ1v) is 10.8. The maximum absolute atomic E-state index is 12.0. The first-order valence-electron chi connectivity index (χ1n) is 9.08. The molecule has 142 valence electrons. The highest BCUT2D eigenvalue weighted by Crippen LogP contribution is 2.31. The number of ether oxygens (including phenoxy) is 1. The molecule has 2 N–H and O–H groups in total. The molecule has 1 saturated heterocycles. The number of benzene rings is 1. The van der Waals surface area contributed by atoms with Gasteiger partial charge in [0.2, 0.25) is 0 Å². The van der Waals surface area contributed by atoms with Crippen molar-refractivity contribution in [2.75, 3.05) is 51.3 Å². The molecule has 0 aliphatic carbocycles. The lowest BCUT2D eigenvalue weighted by Gasteiger charge is -2.31. The van der Waals surface area contributed by atoms with E-state index in [1.54, 1.807) is 18.4 Å². The van der Waals surface area contributed by atoms with Gasteiger partial charge < -0.3 is 19.9 Å². The van der Waals surface area contributed by atoms with E-state index in [-0.39, 0.29) is 5.91 Å². The summed E-state index contributed by atoms with van der Waals surface area (Å²) in [5, 5.41) is 6.03. The van der Waals surface area contributed by atoms with E-state index in [9.17, 15) is 4.79 Å². The maximum atomic E-state index is 12.0. The Hall–Kier alpha value is -2.16. The van der Waals surface area contributed by atoms with Crippen LogP contribution in [0.15, 0.2) is 35.7 Å². The van der Waals surface area contributed by atoms with E-state index in [4.69, 9.17) is 9.72 Å². The minimum Gasteiger partial charge on any atom is -0.497 e. The molecular weight excluding hydrogens is 380 g/mol. The van der Waals surface area contributed by atoms with Crippen LogP contribution in [0, 0.1) is 0 Å². The lowest BCUT2D eigenvalue weighted by molar-refractivity contribution is -0.899. The fourth-order valence-corrected chi connectivity index (χ4v) is 4.95. The van der Waals surface area contributed by atoms with Crippen molar-refractivity contribution in [3.05, 3.63) is 40.6 Å². The van der Waals surface area contributed by atoms with Gasteiger partial charge in [0.25, 0.3) is 5.91 Å². The highest BCUT2D eigenvalue weighted by molar-refractivity contribution is 7.22. The number of nitrogens with zero attached hydrogens (tertiary/aromatic N) is 2. The maximum Gasteiger partial charge on any atom is 0.261 e. The summed E-state index contributed by atoms with van der Waals surface area (Å²) in [5.41, 5.74) is 1.03. The molecule has 0 bridgehead atoms. The molecule has 0 radical (unpaired) electrons. The minimum absolute atomic E-state index is 0.0351. The van der Waals surface area contributed by atoms with Crippen molar-refractivity contribution in [3.63, 3.8) is 0 Å². The summed E-state index contributed by atoms with van der Waals surface area (Å²) in [5.74, 6) is 0.907. The van der Waals surface area contributed by atoms with Gasteiger partial charge in [0.05, 0.1) is 61.5 Å². The van der Waals surface area contributed by atoms with Crippen molar-refractivity contribution >= 4 is 43.9 Å². The van der Waals surface area contributed by atoms with E-state index in [1.807, 2.05) is 35.7 Å². The molecule has 6 nitrogen and oxygen atoms in total. The van der Waals surface area contributed by atoms with Crippen LogP contribution < -0.4 is 19.9 Å². The van der Waals surface area contributed by atoms with Gasteiger partial charge in [-0.05, 0) is 29.6 Å². The van der Waals surface area contributed by atoms with Crippen LogP contribution in [0.1, 0.15) is 9.67 Å². The van der Waals surface area contributed by atoms with Crippen molar-refractivity contribution < 1.29 is 14.4 Å². The molecular formula is C19H23N4O2S2+. The number of quaternary nitrogens is 1. The van der Waals surface area contributed by atoms with Crippen LogP contribution >= 0.6 is 22.7 Å². The van der Waals surface area contributed by atoms with Gasteiger partial charge in [-0.3, -0.25) is 4.79 Å². The van der Waals surface area contributed by atoms with Crippen molar-refractivity contribution in [2.24, 2.45) is 0 Å². The number of rotatable bonds is 6. The predicted molar refractivity (Wildman–Crippen MR) is 111 cm³/mol. The van der Waals surface area contributed by atoms with Crippen LogP contribution in [0.2, 0.25) is 0 Å². The number of anilines is 1. The van der Waals surface area contributed by atoms with Gasteiger partial charge in [0.1, 0.15) is 5.75 Å². The number of amides is 1. The van der Waals surface area contributed by atoms with Crippen LogP contribution in [0.5, 0.6) is 5.75 Å². The Morgan fingerprint density at radius 3 is 2.93 bits per heavy atom. The van der Waals surface area contributed by atoms with E-state index < -0.39 is 0 Å². The normalized spacial score (nSPS) is 15.2. The molecule has 1 aliphatic heterocycles. The fourth-order valence-electron chi connectivity index (χ4n) is 3.27. The Morgan fingerprint density at radius 2 is 2.19 bits per heavy atom. The van der Waals surface area contributed by atoms with Gasteiger partial charge in [-0.1, -0.05) is 17.4 Å². The molecule has 0 atom stereocenters. The Kier molecular flexibility index (Phi) is 5.56. The van der Waals surface area contributed by atoms with Crippen molar-refractivity contribution in [2.45, 2.75) is 0 Å². The van der Waals surface area contributed by atoms with E-state index in [0.29, 0.717) is 6.54 Å². The van der Waals surface area contributed by atoms with E-state index in [1.165, 1.54) is 16.2 Å². The number of nitrogens with one attached hydrogen (secondary N) is 2.